The first-order valence-corrected chi connectivity index (χ1v) is 11.9. The van der Waals surface area contributed by atoms with Gasteiger partial charge in [0.1, 0.15) is 17.3 Å². The maximum absolute atomic E-state index is 13.4. The highest BCUT2D eigenvalue weighted by atomic mass is 16.5. The fourth-order valence-corrected chi connectivity index (χ4v) is 4.66. The van der Waals surface area contributed by atoms with Crippen molar-refractivity contribution in [3.05, 3.63) is 95.6 Å². The topological polar surface area (TPSA) is 84.9 Å². The Morgan fingerprint density at radius 3 is 2.50 bits per heavy atom. The Kier molecular flexibility index (Phi) is 6.14. The third kappa shape index (κ3) is 4.17. The fourth-order valence-electron chi connectivity index (χ4n) is 4.66. The molecule has 1 atom stereocenters. The van der Waals surface area contributed by atoms with E-state index < -0.39 is 17.7 Å². The number of carbonyl (C=O) groups excluding carboxylic acids is 2. The van der Waals surface area contributed by atoms with Crippen LogP contribution in [0.15, 0.2) is 83.1 Å². The molecule has 0 radical (unpaired) electrons. The second-order valence-electron chi connectivity index (χ2n) is 9.45. The quantitative estimate of drug-likeness (QED) is 0.215. The van der Waals surface area contributed by atoms with Gasteiger partial charge in [-0.2, -0.15) is 0 Å². The van der Waals surface area contributed by atoms with Gasteiger partial charge in [-0.05, 0) is 48.4 Å². The van der Waals surface area contributed by atoms with Gasteiger partial charge in [-0.3, -0.25) is 9.59 Å². The molecule has 1 saturated heterocycles. The number of aliphatic hydroxyl groups is 1. The molecule has 4 aromatic rings. The monoisotopic (exact) mass is 484 g/mol. The number of benzene rings is 2. The van der Waals surface area contributed by atoms with Gasteiger partial charge in [-0.25, -0.2) is 0 Å². The van der Waals surface area contributed by atoms with Crippen LogP contribution in [0.1, 0.15) is 36.8 Å². The first kappa shape index (κ1) is 23.5. The number of aromatic nitrogens is 1. The van der Waals surface area contributed by atoms with Gasteiger partial charge >= 0.3 is 0 Å². The number of hydrogen-bond donors (Lipinski definition) is 1. The molecule has 0 aliphatic carbocycles. The largest absolute Gasteiger partial charge is 0.507 e. The van der Waals surface area contributed by atoms with Crippen LogP contribution >= 0.6 is 0 Å². The van der Waals surface area contributed by atoms with Crippen LogP contribution in [-0.4, -0.2) is 32.9 Å². The van der Waals surface area contributed by atoms with Crippen molar-refractivity contribution in [2.45, 2.75) is 26.4 Å². The number of hydrogen-bond acceptors (Lipinski definition) is 5. The molecule has 0 spiro atoms. The lowest BCUT2D eigenvalue weighted by molar-refractivity contribution is -0.140. The first-order valence-electron chi connectivity index (χ1n) is 11.9. The lowest BCUT2D eigenvalue weighted by Gasteiger charge is -2.24. The van der Waals surface area contributed by atoms with Crippen molar-refractivity contribution < 1.29 is 23.8 Å². The average molecular weight is 485 g/mol. The van der Waals surface area contributed by atoms with E-state index in [4.69, 9.17) is 9.15 Å². The van der Waals surface area contributed by atoms with Crippen LogP contribution < -0.4 is 4.74 Å². The minimum absolute atomic E-state index is 0.0544. The van der Waals surface area contributed by atoms with Crippen molar-refractivity contribution in [3.63, 3.8) is 0 Å². The van der Waals surface area contributed by atoms with Crippen molar-refractivity contribution in [2.24, 2.45) is 13.0 Å². The number of aliphatic hydroxyl groups excluding tert-OH is 1. The number of fused-ring (bicyclic) bond motifs is 1. The van der Waals surface area contributed by atoms with Crippen molar-refractivity contribution in [1.29, 1.82) is 0 Å². The number of para-hydroxylation sites is 1. The lowest BCUT2D eigenvalue weighted by Crippen LogP contribution is -2.29. The van der Waals surface area contributed by atoms with Gasteiger partial charge in [0, 0.05) is 35.3 Å². The van der Waals surface area contributed by atoms with E-state index >= 15 is 0 Å². The van der Waals surface area contributed by atoms with Crippen LogP contribution in [0, 0.1) is 5.92 Å². The second kappa shape index (κ2) is 9.41. The van der Waals surface area contributed by atoms with E-state index in [0.717, 1.165) is 16.5 Å². The van der Waals surface area contributed by atoms with Crippen LogP contribution in [-0.2, 0) is 23.2 Å². The van der Waals surface area contributed by atoms with Crippen LogP contribution in [0.3, 0.4) is 0 Å². The van der Waals surface area contributed by atoms with Crippen molar-refractivity contribution in [1.82, 2.24) is 9.47 Å². The number of likely N-dealkylation sites (tertiary alicyclic amines) is 1. The zero-order valence-corrected chi connectivity index (χ0v) is 20.5. The van der Waals surface area contributed by atoms with Gasteiger partial charge in [-0.1, -0.05) is 32.0 Å². The van der Waals surface area contributed by atoms with E-state index in [-0.39, 0.29) is 17.9 Å². The first-order chi connectivity index (χ1) is 17.3. The summed E-state index contributed by atoms with van der Waals surface area (Å²) in [5, 5.41) is 12.3. The normalized spacial score (nSPS) is 17.4. The van der Waals surface area contributed by atoms with Gasteiger partial charge in [0.25, 0.3) is 11.7 Å². The fraction of sp³-hybridized carbons (Fsp3) is 0.241. The maximum atomic E-state index is 13.4. The SMILES string of the molecule is CC(C)COc1ccc(/C(O)=C2\C(=O)C(=O)N(Cc3ccco3)C2c2cn(C)c3ccccc23)cc1. The second-order valence-corrected chi connectivity index (χ2v) is 9.45. The number of nitrogens with zero attached hydrogens (tertiary/aromatic N) is 2. The summed E-state index contributed by atoms with van der Waals surface area (Å²) >= 11 is 0. The molecule has 0 saturated carbocycles. The zero-order valence-electron chi connectivity index (χ0n) is 20.5. The maximum Gasteiger partial charge on any atom is 0.296 e. The van der Waals surface area contributed by atoms with E-state index in [0.29, 0.717) is 29.6 Å². The molecule has 184 valence electrons. The summed E-state index contributed by atoms with van der Waals surface area (Å²) in [4.78, 5) is 28.1. The highest BCUT2D eigenvalue weighted by Crippen LogP contribution is 2.43. The van der Waals surface area contributed by atoms with Gasteiger partial charge < -0.3 is 23.7 Å². The minimum atomic E-state index is -0.780. The van der Waals surface area contributed by atoms with E-state index in [1.807, 2.05) is 42.1 Å². The molecule has 36 heavy (non-hydrogen) atoms. The van der Waals surface area contributed by atoms with Crippen molar-refractivity contribution in [3.8, 4) is 5.75 Å². The highest BCUT2D eigenvalue weighted by molar-refractivity contribution is 6.46. The summed E-state index contributed by atoms with van der Waals surface area (Å²) in [7, 11) is 1.92. The Labute approximate surface area is 209 Å². The Balaban J connectivity index is 1.63. The van der Waals surface area contributed by atoms with E-state index in [1.54, 1.807) is 36.4 Å². The number of carbonyl (C=O) groups is 2. The molecule has 1 aliphatic heterocycles. The standard InChI is InChI=1S/C29H28N2O5/c1-18(2)17-36-20-12-10-19(11-13-20)27(32)25-26(23-16-30(3)24-9-5-4-8-22(23)24)31(29(34)28(25)33)15-21-7-6-14-35-21/h4-14,16,18,26,32H,15,17H2,1-3H3/b27-25+. The van der Waals surface area contributed by atoms with Crippen LogP contribution in [0.25, 0.3) is 16.7 Å². The van der Waals surface area contributed by atoms with Gasteiger partial charge in [-0.15, -0.1) is 0 Å². The summed E-state index contributed by atoms with van der Waals surface area (Å²) < 4.78 is 13.2. The Bertz CT molecular complexity index is 1440. The molecule has 1 amide bonds. The molecule has 1 unspecified atom stereocenters. The molecule has 1 N–H and O–H groups in total. The molecule has 7 heteroatoms. The number of Topliss-reactive ketones (excluding diaryl/α,β-unsaturated/α-hetero) is 1. The van der Waals surface area contributed by atoms with Crippen molar-refractivity contribution >= 4 is 28.4 Å². The highest BCUT2D eigenvalue weighted by Gasteiger charge is 2.47. The van der Waals surface area contributed by atoms with Crippen LogP contribution in [0.4, 0.5) is 0 Å². The third-order valence-corrected chi connectivity index (χ3v) is 6.38. The van der Waals surface area contributed by atoms with Gasteiger partial charge in [0.15, 0.2) is 0 Å². The van der Waals surface area contributed by atoms with Gasteiger partial charge in [0.05, 0.1) is 31.0 Å². The molecule has 7 nitrogen and oxygen atoms in total. The molecular weight excluding hydrogens is 456 g/mol. The molecule has 5 rings (SSSR count). The summed E-state index contributed by atoms with van der Waals surface area (Å²) in [6, 6.07) is 17.4. The minimum Gasteiger partial charge on any atom is -0.507 e. The number of aryl methyl sites for hydroxylation is 1. The molecule has 1 aliphatic rings. The smallest absolute Gasteiger partial charge is 0.296 e. The molecule has 0 bridgehead atoms. The third-order valence-electron chi connectivity index (χ3n) is 6.38. The number of amides is 1. The zero-order chi connectivity index (χ0) is 25.4. The summed E-state index contributed by atoms with van der Waals surface area (Å²) in [5.41, 5.74) is 2.21. The predicted molar refractivity (Wildman–Crippen MR) is 136 cm³/mol. The molecule has 1 fully saturated rings. The Morgan fingerprint density at radius 1 is 1.06 bits per heavy atom. The molecule has 2 aromatic carbocycles. The number of rotatable bonds is 7. The van der Waals surface area contributed by atoms with Gasteiger partial charge in [0.2, 0.25) is 0 Å². The number of ether oxygens (including phenoxy) is 1. The summed E-state index contributed by atoms with van der Waals surface area (Å²) in [5.74, 6) is -0.0228. The van der Waals surface area contributed by atoms with Crippen molar-refractivity contribution in [2.75, 3.05) is 6.61 Å². The summed E-state index contributed by atoms with van der Waals surface area (Å²) in [6.45, 7) is 4.80. The van der Waals surface area contributed by atoms with E-state index in [1.165, 1.54) is 11.2 Å². The van der Waals surface area contributed by atoms with E-state index in [9.17, 15) is 14.7 Å². The predicted octanol–water partition coefficient (Wildman–Crippen LogP) is 5.43. The molecule has 3 heterocycles. The van der Waals surface area contributed by atoms with E-state index in [2.05, 4.69) is 13.8 Å². The molecular formula is C29H28N2O5. The lowest BCUT2D eigenvalue weighted by atomic mass is 9.95. The number of ketones is 1. The number of furan rings is 1. The summed E-state index contributed by atoms with van der Waals surface area (Å²) in [6.07, 6.45) is 3.44. The van der Waals surface area contributed by atoms with Crippen LogP contribution in [0.2, 0.25) is 0 Å². The Hall–Kier alpha value is -4.26. The Morgan fingerprint density at radius 2 is 1.81 bits per heavy atom. The van der Waals surface area contributed by atoms with Crippen LogP contribution in [0.5, 0.6) is 5.75 Å². The average Bonchev–Trinajstić information content (AvgIpc) is 3.57. The molecule has 2 aromatic heterocycles.